The van der Waals surface area contributed by atoms with Crippen molar-refractivity contribution >= 4 is 17.3 Å². The lowest BCUT2D eigenvalue weighted by Gasteiger charge is -2.10. The number of benzene rings is 2. The van der Waals surface area contributed by atoms with Crippen LogP contribution in [0.3, 0.4) is 0 Å². The number of allylic oxidation sites excluding steroid dienone is 1. The molecule has 0 amide bonds. The minimum Gasteiger partial charge on any atom is -0.493 e. The number of hydrogen-bond acceptors (Lipinski definition) is 5. The number of rotatable bonds is 3. The summed E-state index contributed by atoms with van der Waals surface area (Å²) >= 11 is 0. The average molecular weight is 307 g/mol. The van der Waals surface area contributed by atoms with Crippen LogP contribution in [-0.4, -0.2) is 20.2 Å². The van der Waals surface area contributed by atoms with E-state index in [0.29, 0.717) is 28.2 Å². The molecular weight excluding hydrogens is 294 g/mol. The summed E-state index contributed by atoms with van der Waals surface area (Å²) in [6.45, 7) is 0. The molecule has 2 aromatic rings. The van der Waals surface area contributed by atoms with Crippen LogP contribution in [0.25, 0.3) is 11.3 Å². The van der Waals surface area contributed by atoms with Crippen LogP contribution in [0.4, 0.5) is 0 Å². The Balaban J connectivity index is 2.19. The number of carbonyl (C=O) groups is 1. The molecule has 0 fully saturated rings. The first-order valence-electron chi connectivity index (χ1n) is 6.88. The number of nitrogens with zero attached hydrogens (tertiary/aromatic N) is 1. The van der Waals surface area contributed by atoms with Gasteiger partial charge >= 0.3 is 5.97 Å². The predicted molar refractivity (Wildman–Crippen MR) is 83.8 cm³/mol. The van der Waals surface area contributed by atoms with Gasteiger partial charge in [-0.15, -0.1) is 0 Å². The van der Waals surface area contributed by atoms with Crippen LogP contribution >= 0.6 is 0 Å². The number of carbonyl (C=O) groups excluding carboxylic acids is 1. The predicted octanol–water partition coefficient (Wildman–Crippen LogP) is 3.27. The Morgan fingerprint density at radius 1 is 1.04 bits per heavy atom. The standard InChI is InChI=1S/C18H13NO4/c1-21-15-8-7-11(9-16(15)22-2)14(10-19)17-12-5-3-4-6-13(12)18(20)23-17/h3-9H,1-2H3/b17-14-. The molecule has 1 heterocycles. The lowest BCUT2D eigenvalue weighted by molar-refractivity contribution is 0.0716. The van der Waals surface area contributed by atoms with Crippen molar-refractivity contribution < 1.29 is 19.0 Å². The Kier molecular flexibility index (Phi) is 3.73. The summed E-state index contributed by atoms with van der Waals surface area (Å²) in [6, 6.07) is 14.2. The SMILES string of the molecule is COc1ccc(/C(C#N)=C2\OC(=O)c3ccccc32)cc1OC. The number of methoxy groups -OCH3 is 2. The van der Waals surface area contributed by atoms with E-state index in [0.717, 1.165) is 0 Å². The largest absolute Gasteiger partial charge is 0.493 e. The van der Waals surface area contributed by atoms with Crippen molar-refractivity contribution in [1.29, 1.82) is 5.26 Å². The van der Waals surface area contributed by atoms with E-state index in [4.69, 9.17) is 14.2 Å². The van der Waals surface area contributed by atoms with Crippen LogP contribution in [-0.2, 0) is 4.74 Å². The number of hydrogen-bond donors (Lipinski definition) is 0. The van der Waals surface area contributed by atoms with Crippen molar-refractivity contribution in [3.05, 3.63) is 59.2 Å². The van der Waals surface area contributed by atoms with Gasteiger partial charge in [0, 0.05) is 5.56 Å². The Hall–Kier alpha value is -3.26. The molecule has 0 N–H and O–H groups in total. The second kappa shape index (κ2) is 5.85. The quantitative estimate of drug-likeness (QED) is 0.643. The molecule has 114 valence electrons. The summed E-state index contributed by atoms with van der Waals surface area (Å²) in [4.78, 5) is 11.9. The molecule has 1 aliphatic heterocycles. The monoisotopic (exact) mass is 307 g/mol. The Morgan fingerprint density at radius 2 is 1.74 bits per heavy atom. The van der Waals surface area contributed by atoms with Gasteiger partial charge in [-0.2, -0.15) is 5.26 Å². The highest BCUT2D eigenvalue weighted by atomic mass is 16.5. The van der Waals surface area contributed by atoms with Gasteiger partial charge in [0.1, 0.15) is 11.6 Å². The second-order valence-electron chi connectivity index (χ2n) is 4.82. The van der Waals surface area contributed by atoms with Gasteiger partial charge in [-0.3, -0.25) is 0 Å². The van der Waals surface area contributed by atoms with Crippen LogP contribution < -0.4 is 9.47 Å². The molecule has 2 aromatic carbocycles. The highest BCUT2D eigenvalue weighted by Crippen LogP contribution is 2.37. The summed E-state index contributed by atoms with van der Waals surface area (Å²) in [5.41, 5.74) is 1.92. The van der Waals surface area contributed by atoms with Gasteiger partial charge in [-0.25, -0.2) is 4.79 Å². The molecule has 0 unspecified atom stereocenters. The summed E-state index contributed by atoms with van der Waals surface area (Å²) < 4.78 is 15.8. The molecule has 23 heavy (non-hydrogen) atoms. The summed E-state index contributed by atoms with van der Waals surface area (Å²) in [5, 5.41) is 9.57. The van der Waals surface area contributed by atoms with Crippen LogP contribution in [0.5, 0.6) is 11.5 Å². The lowest BCUT2D eigenvalue weighted by atomic mass is 10.00. The third-order valence-corrected chi connectivity index (χ3v) is 3.60. The number of nitriles is 1. The number of cyclic esters (lactones) is 1. The molecule has 5 nitrogen and oxygen atoms in total. The lowest BCUT2D eigenvalue weighted by Crippen LogP contribution is -1.95. The van der Waals surface area contributed by atoms with Crippen molar-refractivity contribution in [2.24, 2.45) is 0 Å². The maximum atomic E-state index is 11.9. The summed E-state index contributed by atoms with van der Waals surface area (Å²) in [5.74, 6) is 0.863. The number of esters is 1. The third kappa shape index (κ3) is 2.40. The highest BCUT2D eigenvalue weighted by Gasteiger charge is 2.29. The molecule has 0 spiro atoms. The van der Waals surface area contributed by atoms with Crippen LogP contribution in [0.1, 0.15) is 21.5 Å². The molecule has 0 atom stereocenters. The van der Waals surface area contributed by atoms with Crippen LogP contribution in [0.2, 0.25) is 0 Å². The fourth-order valence-corrected chi connectivity index (χ4v) is 2.49. The fourth-order valence-electron chi connectivity index (χ4n) is 2.49. The van der Waals surface area contributed by atoms with Crippen molar-refractivity contribution in [2.75, 3.05) is 14.2 Å². The van der Waals surface area contributed by atoms with E-state index in [1.54, 1.807) is 42.5 Å². The van der Waals surface area contributed by atoms with Gasteiger partial charge in [0.15, 0.2) is 17.3 Å². The zero-order chi connectivity index (χ0) is 16.4. The van der Waals surface area contributed by atoms with E-state index in [9.17, 15) is 10.1 Å². The number of ether oxygens (including phenoxy) is 3. The highest BCUT2D eigenvalue weighted by molar-refractivity contribution is 6.10. The van der Waals surface area contributed by atoms with E-state index in [-0.39, 0.29) is 11.3 Å². The average Bonchev–Trinajstić information content (AvgIpc) is 2.92. The molecule has 0 saturated carbocycles. The van der Waals surface area contributed by atoms with Gasteiger partial charge in [-0.1, -0.05) is 18.2 Å². The van der Waals surface area contributed by atoms with Crippen molar-refractivity contribution in [3.63, 3.8) is 0 Å². The van der Waals surface area contributed by atoms with E-state index in [2.05, 4.69) is 6.07 Å². The van der Waals surface area contributed by atoms with Crippen molar-refractivity contribution in [1.82, 2.24) is 0 Å². The maximum absolute atomic E-state index is 11.9. The first-order valence-corrected chi connectivity index (χ1v) is 6.88. The van der Waals surface area contributed by atoms with Gasteiger partial charge in [0.2, 0.25) is 0 Å². The number of fused-ring (bicyclic) bond motifs is 1. The van der Waals surface area contributed by atoms with E-state index in [1.165, 1.54) is 14.2 Å². The first-order chi connectivity index (χ1) is 11.2. The molecule has 3 rings (SSSR count). The summed E-state index contributed by atoms with van der Waals surface area (Å²) in [6.07, 6.45) is 0. The van der Waals surface area contributed by atoms with Gasteiger partial charge in [0.05, 0.1) is 19.8 Å². The molecule has 0 saturated heterocycles. The Morgan fingerprint density at radius 3 is 2.39 bits per heavy atom. The molecule has 1 aliphatic rings. The minimum absolute atomic E-state index is 0.264. The minimum atomic E-state index is -0.455. The van der Waals surface area contributed by atoms with Crippen molar-refractivity contribution in [2.45, 2.75) is 0 Å². The maximum Gasteiger partial charge on any atom is 0.344 e. The molecule has 0 bridgehead atoms. The van der Waals surface area contributed by atoms with Gasteiger partial charge in [0.25, 0.3) is 0 Å². The fraction of sp³-hybridized carbons (Fsp3) is 0.111. The zero-order valence-electron chi connectivity index (χ0n) is 12.6. The topological polar surface area (TPSA) is 68.5 Å². The zero-order valence-corrected chi connectivity index (χ0v) is 12.6. The van der Waals surface area contributed by atoms with E-state index in [1.807, 2.05) is 0 Å². The Labute approximate surface area is 133 Å². The Bertz CT molecular complexity index is 862. The van der Waals surface area contributed by atoms with Gasteiger partial charge in [-0.05, 0) is 29.8 Å². The van der Waals surface area contributed by atoms with E-state index >= 15 is 0 Å². The smallest absolute Gasteiger partial charge is 0.344 e. The van der Waals surface area contributed by atoms with Gasteiger partial charge < -0.3 is 14.2 Å². The third-order valence-electron chi connectivity index (χ3n) is 3.60. The first kappa shape index (κ1) is 14.7. The normalized spacial score (nSPS) is 14.6. The molecule has 0 aliphatic carbocycles. The van der Waals surface area contributed by atoms with Crippen LogP contribution in [0.15, 0.2) is 42.5 Å². The molecule has 0 radical (unpaired) electrons. The second-order valence-corrected chi connectivity index (χ2v) is 4.82. The summed E-state index contributed by atoms with van der Waals surface area (Å²) in [7, 11) is 3.06. The van der Waals surface area contributed by atoms with Crippen LogP contribution in [0, 0.1) is 11.3 Å². The molecule has 5 heteroatoms. The molecular formula is C18H13NO4. The van der Waals surface area contributed by atoms with E-state index < -0.39 is 5.97 Å². The van der Waals surface area contributed by atoms with Crippen molar-refractivity contribution in [3.8, 4) is 17.6 Å². The molecule has 0 aromatic heterocycles.